The van der Waals surface area contributed by atoms with Crippen LogP contribution in [0.25, 0.3) is 0 Å². The fourth-order valence-corrected chi connectivity index (χ4v) is 1.39. The molecular formula is C11H18N2O2. The van der Waals surface area contributed by atoms with Gasteiger partial charge in [0.1, 0.15) is 11.5 Å². The lowest BCUT2D eigenvalue weighted by atomic mass is 10.2. The highest BCUT2D eigenvalue weighted by molar-refractivity contribution is 5.88. The maximum Gasteiger partial charge on any atom is 0.356 e. The molecule has 0 aromatic carbocycles. The Morgan fingerprint density at radius 2 is 2.20 bits per heavy atom. The maximum absolute atomic E-state index is 11.5. The Hall–Kier alpha value is -1.32. The van der Waals surface area contributed by atoms with Crippen LogP contribution in [-0.4, -0.2) is 22.5 Å². The van der Waals surface area contributed by atoms with Crippen molar-refractivity contribution >= 4 is 5.97 Å². The molecule has 4 heteroatoms. The van der Waals surface area contributed by atoms with Crippen LogP contribution in [0.4, 0.5) is 0 Å². The standard InChI is InChI=1S/C11H18N2O2/c1-4-6-7-9-12-8(3)10(13-9)11(14)15-5-2/h4-7H2,1-3H3,(H,12,13). The van der Waals surface area contributed by atoms with E-state index >= 15 is 0 Å². The molecule has 0 aliphatic rings. The molecule has 0 spiro atoms. The summed E-state index contributed by atoms with van der Waals surface area (Å²) in [5, 5.41) is 0. The quantitative estimate of drug-likeness (QED) is 0.758. The van der Waals surface area contributed by atoms with E-state index in [2.05, 4.69) is 16.9 Å². The lowest BCUT2D eigenvalue weighted by Crippen LogP contribution is -2.06. The summed E-state index contributed by atoms with van der Waals surface area (Å²) >= 11 is 0. The lowest BCUT2D eigenvalue weighted by Gasteiger charge is -1.98. The van der Waals surface area contributed by atoms with Crippen LogP contribution >= 0.6 is 0 Å². The van der Waals surface area contributed by atoms with Crippen LogP contribution in [-0.2, 0) is 11.2 Å². The van der Waals surface area contributed by atoms with E-state index in [9.17, 15) is 4.79 Å². The van der Waals surface area contributed by atoms with Crippen molar-refractivity contribution in [2.45, 2.75) is 40.0 Å². The molecule has 0 unspecified atom stereocenters. The van der Waals surface area contributed by atoms with Crippen molar-refractivity contribution in [2.24, 2.45) is 0 Å². The van der Waals surface area contributed by atoms with Crippen LogP contribution in [0.5, 0.6) is 0 Å². The Morgan fingerprint density at radius 3 is 2.80 bits per heavy atom. The predicted octanol–water partition coefficient (Wildman–Crippen LogP) is 2.24. The molecule has 0 aliphatic heterocycles. The van der Waals surface area contributed by atoms with Crippen molar-refractivity contribution in [1.29, 1.82) is 0 Å². The zero-order valence-electron chi connectivity index (χ0n) is 9.59. The summed E-state index contributed by atoms with van der Waals surface area (Å²) in [6.07, 6.45) is 3.08. The Morgan fingerprint density at radius 1 is 1.47 bits per heavy atom. The first-order valence-corrected chi connectivity index (χ1v) is 5.41. The molecule has 0 saturated carbocycles. The van der Waals surface area contributed by atoms with Crippen molar-refractivity contribution < 1.29 is 9.53 Å². The van der Waals surface area contributed by atoms with E-state index < -0.39 is 0 Å². The van der Waals surface area contributed by atoms with Gasteiger partial charge in [-0.1, -0.05) is 13.3 Å². The van der Waals surface area contributed by atoms with E-state index in [1.807, 2.05) is 6.92 Å². The van der Waals surface area contributed by atoms with Crippen molar-refractivity contribution in [1.82, 2.24) is 9.97 Å². The van der Waals surface area contributed by atoms with Crippen molar-refractivity contribution in [3.63, 3.8) is 0 Å². The summed E-state index contributed by atoms with van der Waals surface area (Å²) in [5.74, 6) is 0.558. The van der Waals surface area contributed by atoms with Gasteiger partial charge < -0.3 is 9.72 Å². The molecule has 1 rings (SSSR count). The van der Waals surface area contributed by atoms with Crippen LogP contribution in [0.2, 0.25) is 0 Å². The van der Waals surface area contributed by atoms with Gasteiger partial charge in [-0.05, 0) is 20.3 Å². The van der Waals surface area contributed by atoms with Crippen molar-refractivity contribution in [2.75, 3.05) is 6.61 Å². The number of esters is 1. The molecule has 4 nitrogen and oxygen atoms in total. The van der Waals surface area contributed by atoms with Gasteiger partial charge in [0.05, 0.1) is 12.3 Å². The minimum Gasteiger partial charge on any atom is -0.461 e. The number of rotatable bonds is 5. The predicted molar refractivity (Wildman–Crippen MR) is 57.9 cm³/mol. The molecule has 0 bridgehead atoms. The number of nitrogens with one attached hydrogen (secondary N) is 1. The molecule has 1 N–H and O–H groups in total. The number of aryl methyl sites for hydroxylation is 2. The van der Waals surface area contributed by atoms with Gasteiger partial charge >= 0.3 is 5.97 Å². The molecule has 0 radical (unpaired) electrons. The molecule has 15 heavy (non-hydrogen) atoms. The number of unbranched alkanes of at least 4 members (excludes halogenated alkanes) is 1. The number of hydrogen-bond acceptors (Lipinski definition) is 3. The zero-order chi connectivity index (χ0) is 11.3. The van der Waals surface area contributed by atoms with Gasteiger partial charge in [0, 0.05) is 6.42 Å². The number of aromatic nitrogens is 2. The van der Waals surface area contributed by atoms with Gasteiger partial charge in [-0.15, -0.1) is 0 Å². The summed E-state index contributed by atoms with van der Waals surface area (Å²) in [5.41, 5.74) is 1.21. The summed E-state index contributed by atoms with van der Waals surface area (Å²) in [6, 6.07) is 0. The van der Waals surface area contributed by atoms with Gasteiger partial charge in [-0.2, -0.15) is 0 Å². The summed E-state index contributed by atoms with van der Waals surface area (Å²) in [4.78, 5) is 18.8. The number of nitrogens with zero attached hydrogens (tertiary/aromatic N) is 1. The highest BCUT2D eigenvalue weighted by Gasteiger charge is 2.14. The second-order valence-electron chi connectivity index (χ2n) is 3.47. The Kier molecular flexibility index (Phi) is 4.34. The topological polar surface area (TPSA) is 55.0 Å². The molecular weight excluding hydrogens is 192 g/mol. The fourth-order valence-electron chi connectivity index (χ4n) is 1.39. The van der Waals surface area contributed by atoms with E-state index in [0.29, 0.717) is 12.3 Å². The second kappa shape index (κ2) is 5.53. The van der Waals surface area contributed by atoms with E-state index in [1.165, 1.54) is 0 Å². The summed E-state index contributed by atoms with van der Waals surface area (Å²) < 4.78 is 4.92. The van der Waals surface area contributed by atoms with Crippen LogP contribution in [0.15, 0.2) is 0 Å². The molecule has 1 heterocycles. The molecule has 0 saturated heterocycles. The maximum atomic E-state index is 11.5. The van der Waals surface area contributed by atoms with Crippen molar-refractivity contribution in [3.8, 4) is 0 Å². The monoisotopic (exact) mass is 210 g/mol. The first kappa shape index (κ1) is 11.8. The number of imidazole rings is 1. The minimum absolute atomic E-state index is 0.315. The average molecular weight is 210 g/mol. The van der Waals surface area contributed by atoms with Crippen molar-refractivity contribution in [3.05, 3.63) is 17.2 Å². The summed E-state index contributed by atoms with van der Waals surface area (Å²) in [7, 11) is 0. The molecule has 0 fully saturated rings. The van der Waals surface area contributed by atoms with Gasteiger partial charge in [-0.25, -0.2) is 9.78 Å². The number of ether oxygens (including phenoxy) is 1. The third kappa shape index (κ3) is 3.08. The Balaban J connectivity index is 2.72. The van der Waals surface area contributed by atoms with Crippen LogP contribution in [0, 0.1) is 6.92 Å². The molecule has 0 atom stereocenters. The number of hydrogen-bond donors (Lipinski definition) is 1. The molecule has 1 aromatic rings. The lowest BCUT2D eigenvalue weighted by molar-refractivity contribution is 0.0519. The molecule has 0 amide bonds. The van der Waals surface area contributed by atoms with Gasteiger partial charge in [0.25, 0.3) is 0 Å². The van der Waals surface area contributed by atoms with E-state index in [1.54, 1.807) is 6.92 Å². The average Bonchev–Trinajstić information content (AvgIpc) is 2.57. The molecule has 84 valence electrons. The van der Waals surface area contributed by atoms with E-state index in [0.717, 1.165) is 30.8 Å². The highest BCUT2D eigenvalue weighted by atomic mass is 16.5. The van der Waals surface area contributed by atoms with E-state index in [4.69, 9.17) is 4.74 Å². The first-order chi connectivity index (χ1) is 7.19. The smallest absolute Gasteiger partial charge is 0.356 e. The second-order valence-corrected chi connectivity index (χ2v) is 3.47. The number of H-pyrrole nitrogens is 1. The van der Waals surface area contributed by atoms with E-state index in [-0.39, 0.29) is 5.97 Å². The number of carbonyl (C=O) groups is 1. The SMILES string of the molecule is CCCCc1nc(C)c(C(=O)OCC)[nH]1. The van der Waals surface area contributed by atoms with Crippen LogP contribution in [0.1, 0.15) is 48.7 Å². The largest absolute Gasteiger partial charge is 0.461 e. The summed E-state index contributed by atoms with van der Waals surface area (Å²) in [6.45, 7) is 6.13. The third-order valence-corrected chi connectivity index (χ3v) is 2.18. The number of aromatic amines is 1. The Labute approximate surface area is 90.1 Å². The number of carbonyl (C=O) groups excluding carboxylic acids is 1. The van der Waals surface area contributed by atoms with Gasteiger partial charge in [0.15, 0.2) is 0 Å². The van der Waals surface area contributed by atoms with Crippen LogP contribution in [0.3, 0.4) is 0 Å². The molecule has 1 aromatic heterocycles. The normalized spacial score (nSPS) is 10.3. The van der Waals surface area contributed by atoms with Gasteiger partial charge in [-0.3, -0.25) is 0 Å². The highest BCUT2D eigenvalue weighted by Crippen LogP contribution is 2.08. The van der Waals surface area contributed by atoms with Crippen LogP contribution < -0.4 is 0 Å². The Bertz CT molecular complexity index is 331. The van der Waals surface area contributed by atoms with Gasteiger partial charge in [0.2, 0.25) is 0 Å². The minimum atomic E-state index is -0.315. The fraction of sp³-hybridized carbons (Fsp3) is 0.636. The molecule has 0 aliphatic carbocycles. The third-order valence-electron chi connectivity index (χ3n) is 2.18. The first-order valence-electron chi connectivity index (χ1n) is 5.41. The zero-order valence-corrected chi connectivity index (χ0v) is 9.59.